The van der Waals surface area contributed by atoms with Gasteiger partial charge in [0.1, 0.15) is 5.02 Å². The van der Waals surface area contributed by atoms with Gasteiger partial charge in [0.15, 0.2) is 5.69 Å². The lowest BCUT2D eigenvalue weighted by atomic mass is 9.99. The highest BCUT2D eigenvalue weighted by atomic mass is 35.5. The van der Waals surface area contributed by atoms with Crippen LogP contribution in [0.1, 0.15) is 34.5 Å². The predicted molar refractivity (Wildman–Crippen MR) is 88.5 cm³/mol. The van der Waals surface area contributed by atoms with Crippen LogP contribution < -0.4 is 9.64 Å². The molecule has 0 spiro atoms. The van der Waals surface area contributed by atoms with Crippen molar-refractivity contribution in [3.05, 3.63) is 40.0 Å². The van der Waals surface area contributed by atoms with Gasteiger partial charge in [0.05, 0.1) is 6.61 Å². The van der Waals surface area contributed by atoms with Crippen molar-refractivity contribution >= 4 is 23.2 Å². The van der Waals surface area contributed by atoms with E-state index in [0.717, 1.165) is 31.5 Å². The van der Waals surface area contributed by atoms with Crippen LogP contribution in [0.3, 0.4) is 0 Å². The molecule has 0 saturated heterocycles. The molecule has 0 bridgehead atoms. The summed E-state index contributed by atoms with van der Waals surface area (Å²) in [6.07, 6.45) is 2.83. The molecule has 2 aromatic rings. The summed E-state index contributed by atoms with van der Waals surface area (Å²) < 4.78 is 7.25. The molecular weight excluding hydrogens is 314 g/mol. The Kier molecular flexibility index (Phi) is 3.53. The molecule has 0 fully saturated rings. The molecule has 23 heavy (non-hydrogen) atoms. The number of hydrogen-bond donors (Lipinski definition) is 0. The molecule has 2 aliphatic heterocycles. The van der Waals surface area contributed by atoms with Crippen LogP contribution in [0, 0.1) is 6.92 Å². The van der Waals surface area contributed by atoms with E-state index in [1.807, 2.05) is 12.1 Å². The first-order valence-corrected chi connectivity index (χ1v) is 8.33. The van der Waals surface area contributed by atoms with Crippen LogP contribution in [0.15, 0.2) is 18.2 Å². The number of nitrogens with zero attached hydrogens (tertiary/aromatic N) is 3. The maximum Gasteiger partial charge on any atom is 0.280 e. The summed E-state index contributed by atoms with van der Waals surface area (Å²) in [7, 11) is 0. The molecule has 1 aromatic carbocycles. The van der Waals surface area contributed by atoms with Crippen LogP contribution in [0.4, 0.5) is 5.69 Å². The van der Waals surface area contributed by atoms with Crippen molar-refractivity contribution in [1.82, 2.24) is 9.78 Å². The van der Waals surface area contributed by atoms with Gasteiger partial charge in [0.25, 0.3) is 5.91 Å². The molecule has 0 N–H and O–H groups in total. The van der Waals surface area contributed by atoms with Gasteiger partial charge in [-0.2, -0.15) is 5.10 Å². The van der Waals surface area contributed by atoms with Crippen LogP contribution in [-0.2, 0) is 13.0 Å². The minimum Gasteiger partial charge on any atom is -0.477 e. The Morgan fingerprint density at radius 3 is 3.00 bits per heavy atom. The fourth-order valence-corrected chi connectivity index (χ4v) is 3.57. The summed E-state index contributed by atoms with van der Waals surface area (Å²) in [6.45, 7) is 4.11. The normalized spacial score (nSPS) is 16.5. The van der Waals surface area contributed by atoms with Crippen LogP contribution in [0.25, 0.3) is 0 Å². The Morgan fingerprint density at radius 2 is 2.17 bits per heavy atom. The average molecular weight is 332 g/mol. The van der Waals surface area contributed by atoms with Crippen molar-refractivity contribution in [2.75, 3.05) is 18.1 Å². The maximum atomic E-state index is 13.0. The summed E-state index contributed by atoms with van der Waals surface area (Å²) in [6, 6.07) is 6.20. The Morgan fingerprint density at radius 1 is 1.30 bits per heavy atom. The van der Waals surface area contributed by atoms with Gasteiger partial charge in [0.2, 0.25) is 5.88 Å². The average Bonchev–Trinajstić information content (AvgIpc) is 2.91. The third-order valence-corrected chi connectivity index (χ3v) is 4.75. The van der Waals surface area contributed by atoms with Crippen molar-refractivity contribution in [3.63, 3.8) is 0 Å². The van der Waals surface area contributed by atoms with Crippen LogP contribution in [0.5, 0.6) is 5.88 Å². The topological polar surface area (TPSA) is 47.4 Å². The molecule has 1 amide bonds. The van der Waals surface area contributed by atoms with E-state index in [9.17, 15) is 4.79 Å². The minimum absolute atomic E-state index is 0.148. The first-order valence-electron chi connectivity index (χ1n) is 7.95. The minimum atomic E-state index is -0.148. The molecule has 0 atom stereocenters. The predicted octanol–water partition coefficient (Wildman–Crippen LogP) is 3.22. The number of aromatic nitrogens is 2. The van der Waals surface area contributed by atoms with Crippen molar-refractivity contribution in [1.29, 1.82) is 0 Å². The fourth-order valence-electron chi connectivity index (χ4n) is 3.30. The fraction of sp³-hybridized carbons (Fsp3) is 0.412. The monoisotopic (exact) mass is 331 g/mol. The van der Waals surface area contributed by atoms with Crippen molar-refractivity contribution in [3.8, 4) is 5.88 Å². The highest BCUT2D eigenvalue weighted by Crippen LogP contribution is 2.34. The number of ether oxygens (including phenoxy) is 1. The summed E-state index contributed by atoms with van der Waals surface area (Å²) >= 11 is 6.35. The second kappa shape index (κ2) is 5.57. The van der Waals surface area contributed by atoms with Crippen molar-refractivity contribution in [2.45, 2.75) is 32.7 Å². The highest BCUT2D eigenvalue weighted by molar-refractivity contribution is 6.35. The lowest BCUT2D eigenvalue weighted by Gasteiger charge is -2.29. The summed E-state index contributed by atoms with van der Waals surface area (Å²) in [4.78, 5) is 14.8. The molecule has 3 heterocycles. The maximum absolute atomic E-state index is 13.0. The van der Waals surface area contributed by atoms with Gasteiger partial charge in [0, 0.05) is 25.2 Å². The van der Waals surface area contributed by atoms with E-state index < -0.39 is 0 Å². The molecule has 2 aliphatic rings. The number of carbonyl (C=O) groups excluding carboxylic acids is 1. The zero-order chi connectivity index (χ0) is 16.0. The van der Waals surface area contributed by atoms with Gasteiger partial charge >= 0.3 is 0 Å². The van der Waals surface area contributed by atoms with E-state index in [0.29, 0.717) is 24.1 Å². The van der Waals surface area contributed by atoms with Gasteiger partial charge in [-0.3, -0.25) is 4.79 Å². The third-order valence-electron chi connectivity index (χ3n) is 4.41. The highest BCUT2D eigenvalue weighted by Gasteiger charge is 2.30. The Labute approximate surface area is 139 Å². The lowest BCUT2D eigenvalue weighted by Crippen LogP contribution is -2.36. The Hall–Kier alpha value is -2.01. The van der Waals surface area contributed by atoms with E-state index in [2.05, 4.69) is 18.1 Å². The van der Waals surface area contributed by atoms with Gasteiger partial charge in [-0.15, -0.1) is 0 Å². The molecule has 5 nitrogen and oxygen atoms in total. The lowest BCUT2D eigenvalue weighted by molar-refractivity contribution is 0.0979. The molecule has 6 heteroatoms. The number of hydrogen-bond acceptors (Lipinski definition) is 3. The summed E-state index contributed by atoms with van der Waals surface area (Å²) in [5, 5.41) is 4.71. The van der Waals surface area contributed by atoms with Crippen LogP contribution in [-0.4, -0.2) is 28.8 Å². The van der Waals surface area contributed by atoms with E-state index in [1.165, 1.54) is 11.1 Å². The van der Waals surface area contributed by atoms with E-state index >= 15 is 0 Å². The molecule has 0 unspecified atom stereocenters. The molecule has 0 radical (unpaired) electrons. The quantitative estimate of drug-likeness (QED) is 0.806. The van der Waals surface area contributed by atoms with Gasteiger partial charge < -0.3 is 9.64 Å². The van der Waals surface area contributed by atoms with Crippen LogP contribution >= 0.6 is 11.6 Å². The number of rotatable bonds is 1. The van der Waals surface area contributed by atoms with Crippen LogP contribution in [0.2, 0.25) is 5.02 Å². The van der Waals surface area contributed by atoms with Gasteiger partial charge in [-0.25, -0.2) is 4.68 Å². The van der Waals surface area contributed by atoms with Crippen molar-refractivity contribution in [2.24, 2.45) is 0 Å². The number of fused-ring (bicyclic) bond motifs is 2. The molecule has 120 valence electrons. The van der Waals surface area contributed by atoms with E-state index in [4.69, 9.17) is 16.3 Å². The standard InChI is InChI=1S/C17H18ClN3O2/c1-11-5-6-13-12(10-11)4-2-7-20(13)16(22)15-14(18)17-21(19-15)8-3-9-23-17/h5-6,10H,2-4,7-9H2,1H3. The molecular formula is C17H18ClN3O2. The van der Waals surface area contributed by atoms with Crippen molar-refractivity contribution < 1.29 is 9.53 Å². The second-order valence-corrected chi connectivity index (χ2v) is 6.46. The number of carbonyl (C=O) groups is 1. The smallest absolute Gasteiger partial charge is 0.280 e. The van der Waals surface area contributed by atoms with Gasteiger partial charge in [-0.05, 0) is 31.4 Å². The number of amides is 1. The summed E-state index contributed by atoms with van der Waals surface area (Å²) in [5.74, 6) is 0.368. The first kappa shape index (κ1) is 14.6. The molecule has 0 saturated carbocycles. The second-order valence-electron chi connectivity index (χ2n) is 6.09. The van der Waals surface area contributed by atoms with E-state index in [1.54, 1.807) is 9.58 Å². The Balaban J connectivity index is 1.72. The zero-order valence-electron chi connectivity index (χ0n) is 13.0. The molecule has 0 aliphatic carbocycles. The number of halogens is 1. The first-order chi connectivity index (χ1) is 11.1. The van der Waals surface area contributed by atoms with E-state index in [-0.39, 0.29) is 11.6 Å². The zero-order valence-corrected chi connectivity index (χ0v) is 13.8. The SMILES string of the molecule is Cc1ccc2c(c1)CCCN2C(=O)c1nn2c(c1Cl)OCCC2. The Bertz CT molecular complexity index is 784. The molecule has 4 rings (SSSR count). The molecule has 1 aromatic heterocycles. The number of benzene rings is 1. The third kappa shape index (κ3) is 2.39. The summed E-state index contributed by atoms with van der Waals surface area (Å²) in [5.41, 5.74) is 3.68. The number of anilines is 1. The largest absolute Gasteiger partial charge is 0.477 e. The van der Waals surface area contributed by atoms with Gasteiger partial charge in [-0.1, -0.05) is 29.3 Å². The number of aryl methyl sites for hydroxylation is 3.